The number of fused-ring (bicyclic) bond motifs is 1. The first-order valence-corrected chi connectivity index (χ1v) is 9.45. The van der Waals surface area contributed by atoms with Gasteiger partial charge in [0, 0.05) is 17.7 Å². The van der Waals surface area contributed by atoms with Crippen LogP contribution in [0.3, 0.4) is 0 Å². The van der Waals surface area contributed by atoms with Crippen LogP contribution in [0.25, 0.3) is 33.7 Å². The van der Waals surface area contributed by atoms with Crippen molar-refractivity contribution in [3.63, 3.8) is 0 Å². The fourth-order valence-electron chi connectivity index (χ4n) is 3.39. The van der Waals surface area contributed by atoms with Gasteiger partial charge >= 0.3 is 0 Å². The average molecular weight is 381 g/mol. The first-order chi connectivity index (χ1) is 14.3. The minimum atomic E-state index is -0.197. The van der Waals surface area contributed by atoms with Crippen LogP contribution in [0.2, 0.25) is 0 Å². The zero-order valence-corrected chi connectivity index (χ0v) is 15.6. The number of aromatic nitrogens is 2. The first-order valence-electron chi connectivity index (χ1n) is 9.45. The van der Waals surface area contributed by atoms with Gasteiger partial charge in [-0.3, -0.25) is 0 Å². The van der Waals surface area contributed by atoms with Gasteiger partial charge in [0.2, 0.25) is 5.89 Å². The number of nitrogens with zero attached hydrogens (tertiary/aromatic N) is 2. The molecule has 0 atom stereocenters. The molecule has 29 heavy (non-hydrogen) atoms. The number of oxazole rings is 1. The SMILES string of the molecule is Fc1ccccc1C[n+]1ccc(-c2nc3cc(-c4ccccc4)ccc3o2)cc1. The van der Waals surface area contributed by atoms with Crippen LogP contribution in [-0.4, -0.2) is 4.98 Å². The van der Waals surface area contributed by atoms with Crippen molar-refractivity contribution in [2.24, 2.45) is 0 Å². The molecule has 3 nitrogen and oxygen atoms in total. The van der Waals surface area contributed by atoms with Crippen molar-refractivity contribution in [1.82, 2.24) is 4.98 Å². The molecular formula is C25H18FN2O+. The van der Waals surface area contributed by atoms with Crippen molar-refractivity contribution in [2.45, 2.75) is 6.54 Å². The van der Waals surface area contributed by atoms with E-state index in [1.54, 1.807) is 12.1 Å². The molecule has 0 unspecified atom stereocenters. The molecule has 0 amide bonds. The van der Waals surface area contributed by atoms with E-state index in [4.69, 9.17) is 4.42 Å². The molecule has 0 spiro atoms. The van der Waals surface area contributed by atoms with Crippen LogP contribution in [0.4, 0.5) is 4.39 Å². The molecule has 0 aliphatic carbocycles. The maximum atomic E-state index is 13.9. The van der Waals surface area contributed by atoms with E-state index >= 15 is 0 Å². The van der Waals surface area contributed by atoms with E-state index in [0.717, 1.165) is 27.8 Å². The largest absolute Gasteiger partial charge is 0.436 e. The highest BCUT2D eigenvalue weighted by molar-refractivity contribution is 5.82. The quantitative estimate of drug-likeness (QED) is 0.377. The van der Waals surface area contributed by atoms with E-state index in [2.05, 4.69) is 17.1 Å². The summed E-state index contributed by atoms with van der Waals surface area (Å²) in [4.78, 5) is 4.66. The topological polar surface area (TPSA) is 29.9 Å². The van der Waals surface area contributed by atoms with Crippen LogP contribution < -0.4 is 4.57 Å². The number of rotatable bonds is 4. The van der Waals surface area contributed by atoms with E-state index in [9.17, 15) is 4.39 Å². The Morgan fingerprint density at radius 1 is 0.759 bits per heavy atom. The summed E-state index contributed by atoms with van der Waals surface area (Å²) < 4.78 is 21.7. The molecule has 0 N–H and O–H groups in total. The Labute approximate surface area is 167 Å². The zero-order valence-electron chi connectivity index (χ0n) is 15.6. The summed E-state index contributed by atoms with van der Waals surface area (Å²) in [5.74, 6) is 0.375. The standard InChI is InChI=1S/C25H18FN2O/c26-22-9-5-4-8-21(22)17-28-14-12-19(13-15-28)25-27-23-16-20(10-11-24(23)29-25)18-6-2-1-3-7-18/h1-16H,17H2/q+1. The Kier molecular flexibility index (Phi) is 4.37. The molecule has 3 aromatic carbocycles. The lowest BCUT2D eigenvalue weighted by Crippen LogP contribution is -2.33. The Bertz CT molecular complexity index is 1280. The summed E-state index contributed by atoms with van der Waals surface area (Å²) in [6, 6.07) is 26.9. The third-order valence-corrected chi connectivity index (χ3v) is 4.94. The number of hydrogen-bond acceptors (Lipinski definition) is 2. The fourth-order valence-corrected chi connectivity index (χ4v) is 3.39. The molecule has 0 aliphatic rings. The summed E-state index contributed by atoms with van der Waals surface area (Å²) >= 11 is 0. The van der Waals surface area contributed by atoms with Crippen LogP contribution in [-0.2, 0) is 6.54 Å². The van der Waals surface area contributed by atoms with E-state index in [1.165, 1.54) is 6.07 Å². The molecule has 5 rings (SSSR count). The van der Waals surface area contributed by atoms with E-state index < -0.39 is 0 Å². The predicted octanol–water partition coefficient (Wildman–Crippen LogP) is 5.64. The van der Waals surface area contributed by atoms with E-state index in [-0.39, 0.29) is 5.82 Å². The predicted molar refractivity (Wildman–Crippen MR) is 111 cm³/mol. The smallest absolute Gasteiger partial charge is 0.227 e. The molecule has 5 aromatic rings. The van der Waals surface area contributed by atoms with Gasteiger partial charge in [0.1, 0.15) is 11.3 Å². The lowest BCUT2D eigenvalue weighted by molar-refractivity contribution is -0.688. The van der Waals surface area contributed by atoms with Gasteiger partial charge in [0.05, 0.1) is 5.56 Å². The summed E-state index contributed by atoms with van der Waals surface area (Å²) in [6.45, 7) is 0.473. The Balaban J connectivity index is 1.42. The van der Waals surface area contributed by atoms with E-state index in [1.807, 2.05) is 71.6 Å². The highest BCUT2D eigenvalue weighted by atomic mass is 19.1. The number of hydrogen-bond donors (Lipinski definition) is 0. The summed E-state index contributed by atoms with van der Waals surface area (Å²) in [7, 11) is 0. The van der Waals surface area contributed by atoms with Crippen molar-refractivity contribution >= 4 is 11.1 Å². The molecule has 0 saturated heterocycles. The van der Waals surface area contributed by atoms with Crippen LogP contribution in [0.5, 0.6) is 0 Å². The van der Waals surface area contributed by atoms with Gasteiger partial charge in [0.25, 0.3) is 0 Å². The maximum absolute atomic E-state index is 13.9. The zero-order chi connectivity index (χ0) is 19.6. The number of pyridine rings is 1. The van der Waals surface area contributed by atoms with Crippen molar-refractivity contribution in [2.75, 3.05) is 0 Å². The van der Waals surface area contributed by atoms with Gasteiger partial charge in [-0.15, -0.1) is 0 Å². The third kappa shape index (κ3) is 3.52. The van der Waals surface area contributed by atoms with Gasteiger partial charge in [-0.25, -0.2) is 13.9 Å². The van der Waals surface area contributed by atoms with Gasteiger partial charge in [-0.2, -0.15) is 0 Å². The molecule has 2 heterocycles. The average Bonchev–Trinajstić information content (AvgIpc) is 3.20. The Morgan fingerprint density at radius 2 is 1.52 bits per heavy atom. The highest BCUT2D eigenvalue weighted by Crippen LogP contribution is 2.28. The first kappa shape index (κ1) is 17.3. The molecule has 4 heteroatoms. The Hall–Kier alpha value is -3.79. The summed E-state index contributed by atoms with van der Waals surface area (Å²) in [6.07, 6.45) is 3.82. The van der Waals surface area contributed by atoms with Crippen molar-refractivity contribution < 1.29 is 13.4 Å². The monoisotopic (exact) mass is 381 g/mol. The lowest BCUT2D eigenvalue weighted by atomic mass is 10.1. The maximum Gasteiger partial charge on any atom is 0.227 e. The van der Waals surface area contributed by atoms with Gasteiger partial charge < -0.3 is 4.42 Å². The second kappa shape index (κ2) is 7.32. The normalized spacial score (nSPS) is 11.1. The van der Waals surface area contributed by atoms with Crippen LogP contribution in [0.1, 0.15) is 5.56 Å². The van der Waals surface area contributed by atoms with Crippen molar-refractivity contribution in [1.29, 1.82) is 0 Å². The minimum Gasteiger partial charge on any atom is -0.436 e. The Morgan fingerprint density at radius 3 is 2.31 bits per heavy atom. The second-order valence-electron chi connectivity index (χ2n) is 6.92. The fraction of sp³-hybridized carbons (Fsp3) is 0.0400. The summed E-state index contributed by atoms with van der Waals surface area (Å²) in [5, 5.41) is 0. The second-order valence-corrected chi connectivity index (χ2v) is 6.92. The van der Waals surface area contributed by atoms with Crippen molar-refractivity contribution in [3.05, 3.63) is 109 Å². The molecule has 140 valence electrons. The molecular weight excluding hydrogens is 363 g/mol. The van der Waals surface area contributed by atoms with Crippen LogP contribution in [0, 0.1) is 5.82 Å². The molecule has 0 bridgehead atoms. The van der Waals surface area contributed by atoms with Crippen LogP contribution in [0.15, 0.2) is 102 Å². The third-order valence-electron chi connectivity index (χ3n) is 4.94. The van der Waals surface area contributed by atoms with Gasteiger partial charge in [-0.1, -0.05) is 48.5 Å². The molecule has 0 aliphatic heterocycles. The lowest BCUT2D eigenvalue weighted by Gasteiger charge is -2.00. The molecule has 2 aromatic heterocycles. The van der Waals surface area contributed by atoms with Gasteiger partial charge in [-0.05, 0) is 35.4 Å². The number of benzene rings is 3. The van der Waals surface area contributed by atoms with E-state index in [0.29, 0.717) is 18.0 Å². The van der Waals surface area contributed by atoms with Crippen LogP contribution >= 0.6 is 0 Å². The molecule has 0 fully saturated rings. The van der Waals surface area contributed by atoms with Crippen molar-refractivity contribution in [3.8, 4) is 22.6 Å². The molecule has 0 saturated carbocycles. The van der Waals surface area contributed by atoms with Gasteiger partial charge in [0.15, 0.2) is 24.5 Å². The molecule has 0 radical (unpaired) electrons. The highest BCUT2D eigenvalue weighted by Gasteiger charge is 2.12. The number of halogens is 1. The summed E-state index contributed by atoms with van der Waals surface area (Å²) in [5.41, 5.74) is 5.36. The minimum absolute atomic E-state index is 0.197.